The number of unbranched alkanes of at least 4 members (excludes halogenated alkanes) is 2. The number of cyclic esters (lactones) is 1. The highest BCUT2D eigenvalue weighted by Crippen LogP contribution is 2.40. The molecule has 0 bridgehead atoms. The summed E-state index contributed by atoms with van der Waals surface area (Å²) in [5.74, 6) is -2.56. The van der Waals surface area contributed by atoms with E-state index in [2.05, 4.69) is 15.2 Å². The lowest BCUT2D eigenvalue weighted by Crippen LogP contribution is -2.60. The van der Waals surface area contributed by atoms with Crippen molar-refractivity contribution in [2.45, 2.75) is 231 Å². The van der Waals surface area contributed by atoms with Crippen LogP contribution in [0.15, 0.2) is 30.5 Å². The molecule has 5 rings (SSSR count). The van der Waals surface area contributed by atoms with Crippen molar-refractivity contribution < 1.29 is 63.5 Å². The van der Waals surface area contributed by atoms with E-state index in [1.807, 2.05) is 74.9 Å². The summed E-state index contributed by atoms with van der Waals surface area (Å²) in [5.41, 5.74) is -1.81. The number of rotatable bonds is 16. The van der Waals surface area contributed by atoms with Crippen molar-refractivity contribution in [3.8, 4) is 11.3 Å². The largest absolute Gasteiger partial charge is 0.459 e. The molecule has 2 aromatic rings. The molecule has 1 aromatic carbocycles. The monoisotopic (exact) mass is 1000 g/mol. The van der Waals surface area contributed by atoms with Gasteiger partial charge in [0.25, 0.3) is 0 Å². The van der Waals surface area contributed by atoms with Gasteiger partial charge in [0.15, 0.2) is 12.6 Å². The minimum atomic E-state index is -1.83. The number of nitrogens with zero attached hydrogens (tertiary/aromatic N) is 5. The number of aromatic nitrogens is 3. The molecule has 4 heterocycles. The molecule has 18 nitrogen and oxygen atoms in total. The average molecular weight is 1000 g/mol. The molecule has 0 aliphatic carbocycles. The topological polar surface area (TPSA) is 228 Å². The molecule has 3 fully saturated rings. The van der Waals surface area contributed by atoms with E-state index in [4.69, 9.17) is 28.4 Å². The molecule has 3 aliphatic heterocycles. The third kappa shape index (κ3) is 14.7. The van der Waals surface area contributed by atoms with E-state index in [0.29, 0.717) is 25.9 Å². The lowest BCUT2D eigenvalue weighted by atomic mass is 9.77. The number of methoxy groups -OCH3 is 1. The van der Waals surface area contributed by atoms with Crippen LogP contribution in [0.4, 0.5) is 0 Å². The third-order valence-electron chi connectivity index (χ3n) is 15.7. The predicted molar refractivity (Wildman–Crippen MR) is 267 cm³/mol. The number of esters is 1. The van der Waals surface area contributed by atoms with Gasteiger partial charge in [-0.15, -0.1) is 5.10 Å². The van der Waals surface area contributed by atoms with Gasteiger partial charge in [0.2, 0.25) is 0 Å². The number of aliphatic hydroxyl groups excluding tert-OH is 3. The van der Waals surface area contributed by atoms with Crippen molar-refractivity contribution in [2.75, 3.05) is 27.7 Å². The van der Waals surface area contributed by atoms with Crippen molar-refractivity contribution in [3.63, 3.8) is 0 Å². The van der Waals surface area contributed by atoms with Gasteiger partial charge in [-0.2, -0.15) is 0 Å². The van der Waals surface area contributed by atoms with Crippen LogP contribution in [0.5, 0.6) is 0 Å². The van der Waals surface area contributed by atoms with Gasteiger partial charge >= 0.3 is 5.97 Å². The standard InChI is InChI=1S/C53H89N5O13/c1-15-42-53(11,65)46(61)36(7)56(12)28-31(2)26-51(9,64)48(34(5)45(35(6)49(63)69-42)70-43-27-52(10,66-14)47(62)37(8)68-43)71-50-44(60)41(25-33(4)67-50)57(13)29-38-20-22-39(23-21-38)40-30-58(55-54-40)24-18-16-17-19-32(3)59/h20-23,30-31,33-37,41-48,50,60-62,64-65H,15-19,24-29H2,1-14H3/t31-,33-,34+,35-,36-,37+,41+,42-,43+,44+,45+,46-,47+,48-,50+,51-,52-,53-/m1/s1. The van der Waals surface area contributed by atoms with E-state index in [1.165, 1.54) is 14.0 Å². The molecule has 5 N–H and O–H groups in total. The van der Waals surface area contributed by atoms with Crippen LogP contribution in [0.2, 0.25) is 0 Å². The van der Waals surface area contributed by atoms with Gasteiger partial charge in [-0.1, -0.05) is 56.7 Å². The predicted octanol–water partition coefficient (Wildman–Crippen LogP) is 4.88. The molecule has 71 heavy (non-hydrogen) atoms. The number of ether oxygens (including phenoxy) is 6. The van der Waals surface area contributed by atoms with Crippen molar-refractivity contribution in [1.82, 2.24) is 24.8 Å². The molecular formula is C53H89N5O13. The lowest BCUT2D eigenvalue weighted by Gasteiger charge is -2.49. The zero-order chi connectivity index (χ0) is 52.7. The molecule has 3 saturated heterocycles. The Kier molecular flexibility index (Phi) is 20.8. The maximum atomic E-state index is 14.5. The number of Topliss-reactive ketones (excluding diaryl/α,β-unsaturated/α-hetero) is 1. The highest BCUT2D eigenvalue weighted by Gasteiger charge is 2.53. The van der Waals surface area contributed by atoms with Gasteiger partial charge in [0, 0.05) is 63.2 Å². The molecule has 0 radical (unpaired) electrons. The molecule has 3 aliphatic rings. The number of hydrogen-bond donors (Lipinski definition) is 5. The summed E-state index contributed by atoms with van der Waals surface area (Å²) in [5, 5.41) is 68.5. The van der Waals surface area contributed by atoms with Gasteiger partial charge in [-0.3, -0.25) is 14.4 Å². The maximum Gasteiger partial charge on any atom is 0.311 e. The summed E-state index contributed by atoms with van der Waals surface area (Å²) < 4.78 is 40.2. The van der Waals surface area contributed by atoms with Gasteiger partial charge < -0.3 is 63.6 Å². The normalized spacial score (nSPS) is 39.4. The van der Waals surface area contributed by atoms with Crippen LogP contribution in [0, 0.1) is 17.8 Å². The van der Waals surface area contributed by atoms with Gasteiger partial charge in [0.1, 0.15) is 41.5 Å². The Balaban J connectivity index is 1.43. The van der Waals surface area contributed by atoms with Crippen LogP contribution in [0.25, 0.3) is 11.3 Å². The van der Waals surface area contributed by atoms with Crippen molar-refractivity contribution in [1.29, 1.82) is 0 Å². The quantitative estimate of drug-likeness (QED) is 0.112. The Hall–Kier alpha value is -2.98. The lowest BCUT2D eigenvalue weighted by molar-refractivity contribution is -0.318. The number of likely N-dealkylation sites (N-methyl/N-ethyl adjacent to an activating group) is 2. The average Bonchev–Trinajstić information content (AvgIpc) is 3.78. The highest BCUT2D eigenvalue weighted by molar-refractivity contribution is 5.75. The summed E-state index contributed by atoms with van der Waals surface area (Å²) in [6.45, 7) is 20.9. The fourth-order valence-electron chi connectivity index (χ4n) is 11.2. The first-order valence-electron chi connectivity index (χ1n) is 26.0. The van der Waals surface area contributed by atoms with Crippen molar-refractivity contribution >= 4 is 11.8 Å². The SMILES string of the molecule is CC[C@H]1OC(=O)[C@H](C)[C@@H](O[C@H]2C[C@@](C)(OC)[C@@H](O)[C@H](C)O2)[C@H](C)[C@@H](O[C@@H]2O[C@H](C)C[C@H](N(C)Cc3ccc(-c4cn(CCCCCC(C)=O)nn4)cc3)[C@@H]2O)[C@](C)(O)C[C@@H](C)CN(C)[C@H](C)[C@@H](O)[C@]1(C)O. The molecule has 0 spiro atoms. The number of aryl methyl sites for hydroxylation is 1. The van der Waals surface area contributed by atoms with Gasteiger partial charge in [-0.25, -0.2) is 0 Å². The smallest absolute Gasteiger partial charge is 0.311 e. The van der Waals surface area contributed by atoms with Crippen LogP contribution in [0.3, 0.4) is 0 Å². The number of benzene rings is 1. The minimum Gasteiger partial charge on any atom is -0.459 e. The van der Waals surface area contributed by atoms with Gasteiger partial charge in [0.05, 0.1) is 47.7 Å². The Labute approximate surface area is 422 Å². The van der Waals surface area contributed by atoms with Crippen molar-refractivity contribution in [2.24, 2.45) is 17.8 Å². The van der Waals surface area contributed by atoms with Crippen LogP contribution in [0.1, 0.15) is 133 Å². The van der Waals surface area contributed by atoms with E-state index >= 15 is 0 Å². The summed E-state index contributed by atoms with van der Waals surface area (Å²) >= 11 is 0. The van der Waals surface area contributed by atoms with E-state index in [-0.39, 0.29) is 37.1 Å². The molecule has 404 valence electrons. The molecule has 18 heteroatoms. The number of carbonyl (C=O) groups is 2. The van der Waals surface area contributed by atoms with Crippen LogP contribution in [-0.2, 0) is 51.1 Å². The number of hydrogen-bond acceptors (Lipinski definition) is 17. The highest BCUT2D eigenvalue weighted by atomic mass is 16.7. The molecule has 0 saturated carbocycles. The van der Waals surface area contributed by atoms with E-state index in [1.54, 1.807) is 48.5 Å². The first-order valence-corrected chi connectivity index (χ1v) is 26.0. The zero-order valence-corrected chi connectivity index (χ0v) is 45.1. The summed E-state index contributed by atoms with van der Waals surface area (Å²) in [4.78, 5) is 29.8. The summed E-state index contributed by atoms with van der Waals surface area (Å²) in [7, 11) is 5.30. The second-order valence-corrected chi connectivity index (χ2v) is 22.2. The van der Waals surface area contributed by atoms with Crippen LogP contribution in [-0.4, -0.2) is 180 Å². The number of ketones is 1. The van der Waals surface area contributed by atoms with E-state index in [9.17, 15) is 35.1 Å². The third-order valence-corrected chi connectivity index (χ3v) is 15.7. The summed E-state index contributed by atoms with van der Waals surface area (Å²) in [6, 6.07) is 7.10. The van der Waals surface area contributed by atoms with Gasteiger partial charge in [-0.05, 0) is 113 Å². The summed E-state index contributed by atoms with van der Waals surface area (Å²) in [6.07, 6.45) is -3.73. The molecule has 18 atom stereocenters. The van der Waals surface area contributed by atoms with Crippen molar-refractivity contribution in [3.05, 3.63) is 36.0 Å². The fraction of sp³-hybridized carbons (Fsp3) is 0.811. The first-order chi connectivity index (χ1) is 33.2. The zero-order valence-electron chi connectivity index (χ0n) is 45.1. The number of carbonyl (C=O) groups excluding carboxylic acids is 2. The Morgan fingerprint density at radius 2 is 1.62 bits per heavy atom. The van der Waals surface area contributed by atoms with E-state index in [0.717, 1.165) is 42.6 Å². The van der Waals surface area contributed by atoms with Crippen LogP contribution >= 0.6 is 0 Å². The Morgan fingerprint density at radius 1 is 0.944 bits per heavy atom. The Bertz CT molecular complexity index is 1990. The minimum absolute atomic E-state index is 0.104. The molecule has 0 amide bonds. The molecule has 0 unspecified atom stereocenters. The second kappa shape index (κ2) is 25.0. The second-order valence-electron chi connectivity index (χ2n) is 22.2. The molecule has 1 aromatic heterocycles. The van der Waals surface area contributed by atoms with E-state index < -0.39 is 102 Å². The Morgan fingerprint density at radius 3 is 2.25 bits per heavy atom. The first kappa shape index (κ1) is 58.9. The number of aliphatic hydroxyl groups is 5. The fourth-order valence-corrected chi connectivity index (χ4v) is 11.2. The molecular weight excluding hydrogens is 915 g/mol. The maximum absolute atomic E-state index is 14.5. The van der Waals surface area contributed by atoms with Crippen LogP contribution < -0.4 is 0 Å².